The maximum atomic E-state index is 12.5. The Labute approximate surface area is 144 Å². The SMILES string of the molecule is CC1(C)[C@@H]2CC[C@]1(CS(=O)(=O)Nc1ccc(C(F)(F)F)cn1)C(=O)C2. The fourth-order valence-corrected chi connectivity index (χ4v) is 6.09. The molecule has 1 aromatic rings. The number of halogens is 3. The van der Waals surface area contributed by atoms with Gasteiger partial charge in [0.2, 0.25) is 10.0 Å². The Bertz CT molecular complexity index is 803. The minimum Gasteiger partial charge on any atom is -0.299 e. The van der Waals surface area contributed by atoms with Crippen LogP contribution in [0.1, 0.15) is 38.7 Å². The molecule has 1 heterocycles. The van der Waals surface area contributed by atoms with E-state index in [0.717, 1.165) is 18.6 Å². The van der Waals surface area contributed by atoms with E-state index in [-0.39, 0.29) is 23.3 Å². The predicted octanol–water partition coefficient (Wildman–Crippen LogP) is 3.24. The smallest absolute Gasteiger partial charge is 0.299 e. The molecule has 0 aliphatic heterocycles. The van der Waals surface area contributed by atoms with Crippen LogP contribution in [0.25, 0.3) is 0 Å². The lowest BCUT2D eigenvalue weighted by atomic mass is 9.70. The number of hydrogen-bond acceptors (Lipinski definition) is 4. The van der Waals surface area contributed by atoms with Crippen LogP contribution in [0.15, 0.2) is 18.3 Å². The van der Waals surface area contributed by atoms with Crippen molar-refractivity contribution in [1.82, 2.24) is 4.98 Å². The van der Waals surface area contributed by atoms with Crippen LogP contribution in [-0.4, -0.2) is 24.9 Å². The van der Waals surface area contributed by atoms with E-state index in [1.54, 1.807) is 0 Å². The van der Waals surface area contributed by atoms with Crippen LogP contribution in [0.5, 0.6) is 0 Å². The number of Topliss-reactive ketones (excluding diaryl/α,β-unsaturated/α-hetero) is 1. The van der Waals surface area contributed by atoms with Crippen molar-refractivity contribution in [1.29, 1.82) is 0 Å². The van der Waals surface area contributed by atoms with E-state index in [0.29, 0.717) is 19.0 Å². The van der Waals surface area contributed by atoms with Crippen molar-refractivity contribution in [3.8, 4) is 0 Å². The van der Waals surface area contributed by atoms with Crippen LogP contribution in [-0.2, 0) is 21.0 Å². The van der Waals surface area contributed by atoms with Gasteiger partial charge in [-0.1, -0.05) is 13.8 Å². The first-order valence-electron chi connectivity index (χ1n) is 7.94. The fraction of sp³-hybridized carbons (Fsp3) is 0.625. The second-order valence-corrected chi connectivity index (χ2v) is 9.18. The lowest BCUT2D eigenvalue weighted by Crippen LogP contribution is -2.43. The van der Waals surface area contributed by atoms with E-state index in [1.807, 2.05) is 13.8 Å². The highest BCUT2D eigenvalue weighted by Crippen LogP contribution is 2.64. The molecule has 25 heavy (non-hydrogen) atoms. The number of carbonyl (C=O) groups is 1. The summed E-state index contributed by atoms with van der Waals surface area (Å²) in [6, 6.07) is 1.73. The monoisotopic (exact) mass is 376 g/mol. The number of rotatable bonds is 4. The molecule has 2 fully saturated rings. The highest BCUT2D eigenvalue weighted by atomic mass is 32.2. The summed E-state index contributed by atoms with van der Waals surface area (Å²) in [7, 11) is -3.93. The average molecular weight is 376 g/mol. The van der Waals surface area contributed by atoms with E-state index in [9.17, 15) is 26.4 Å². The quantitative estimate of drug-likeness (QED) is 0.875. The summed E-state index contributed by atoms with van der Waals surface area (Å²) in [6.07, 6.45) is -2.24. The summed E-state index contributed by atoms with van der Waals surface area (Å²) in [6.45, 7) is 3.84. The summed E-state index contributed by atoms with van der Waals surface area (Å²) < 4.78 is 64.9. The molecule has 9 heteroatoms. The topological polar surface area (TPSA) is 76.1 Å². The highest BCUT2D eigenvalue weighted by Gasteiger charge is 2.65. The Morgan fingerprint density at radius 2 is 2.00 bits per heavy atom. The summed E-state index contributed by atoms with van der Waals surface area (Å²) >= 11 is 0. The molecular weight excluding hydrogens is 357 g/mol. The van der Waals surface area contributed by atoms with Gasteiger partial charge in [-0.25, -0.2) is 13.4 Å². The normalized spacial score (nSPS) is 28.4. The first-order valence-corrected chi connectivity index (χ1v) is 9.60. The van der Waals surface area contributed by atoms with Crippen LogP contribution in [0.3, 0.4) is 0 Å². The number of hydrogen-bond donors (Lipinski definition) is 1. The molecule has 1 N–H and O–H groups in total. The molecule has 0 saturated heterocycles. The summed E-state index contributed by atoms with van der Waals surface area (Å²) in [5.41, 5.74) is -2.30. The van der Waals surface area contributed by atoms with Gasteiger partial charge in [0.05, 0.1) is 16.7 Å². The molecule has 2 bridgehead atoms. The van der Waals surface area contributed by atoms with Crippen LogP contribution < -0.4 is 4.72 Å². The number of sulfonamides is 1. The van der Waals surface area contributed by atoms with E-state index in [2.05, 4.69) is 9.71 Å². The molecule has 0 aromatic carbocycles. The molecule has 2 aliphatic carbocycles. The average Bonchev–Trinajstić information content (AvgIpc) is 2.80. The van der Waals surface area contributed by atoms with Crippen molar-refractivity contribution in [3.05, 3.63) is 23.9 Å². The molecule has 2 saturated carbocycles. The third-order valence-corrected chi connectivity index (χ3v) is 7.32. The van der Waals surface area contributed by atoms with Crippen LogP contribution in [0.4, 0.5) is 19.0 Å². The van der Waals surface area contributed by atoms with Crippen molar-refractivity contribution >= 4 is 21.6 Å². The van der Waals surface area contributed by atoms with Crippen molar-refractivity contribution in [2.24, 2.45) is 16.7 Å². The van der Waals surface area contributed by atoms with Crippen molar-refractivity contribution in [2.75, 3.05) is 10.5 Å². The van der Waals surface area contributed by atoms with Gasteiger partial charge in [-0.05, 0) is 36.3 Å². The van der Waals surface area contributed by atoms with E-state index in [4.69, 9.17) is 0 Å². The predicted molar refractivity (Wildman–Crippen MR) is 85.2 cm³/mol. The Hall–Kier alpha value is -1.64. The molecule has 2 aliphatic rings. The van der Waals surface area contributed by atoms with Crippen molar-refractivity contribution in [2.45, 2.75) is 39.3 Å². The fourth-order valence-electron chi connectivity index (χ4n) is 4.25. The zero-order chi connectivity index (χ0) is 18.7. The maximum absolute atomic E-state index is 12.5. The Morgan fingerprint density at radius 1 is 1.32 bits per heavy atom. The van der Waals surface area contributed by atoms with Gasteiger partial charge >= 0.3 is 6.18 Å². The standard InChI is InChI=1S/C16H19F3N2O3S/c1-14(2)10-5-6-15(14,12(22)7-10)9-25(23,24)21-13-4-3-11(8-20-13)16(17,18)19/h3-4,8,10H,5-7,9H2,1-2H3,(H,20,21)/t10-,15+/m1/s1. The van der Waals surface area contributed by atoms with Crippen LogP contribution in [0, 0.1) is 16.7 Å². The highest BCUT2D eigenvalue weighted by molar-refractivity contribution is 7.92. The number of nitrogens with zero attached hydrogens (tertiary/aromatic N) is 1. The number of pyridine rings is 1. The summed E-state index contributed by atoms with van der Waals surface area (Å²) in [4.78, 5) is 15.9. The second kappa shape index (κ2) is 5.43. The largest absolute Gasteiger partial charge is 0.417 e. The molecule has 5 nitrogen and oxygen atoms in total. The molecule has 0 unspecified atom stereocenters. The van der Waals surface area contributed by atoms with Crippen molar-refractivity contribution < 1.29 is 26.4 Å². The molecule has 0 radical (unpaired) electrons. The van der Waals surface area contributed by atoms with Crippen LogP contribution >= 0.6 is 0 Å². The molecule has 1 aromatic heterocycles. The Morgan fingerprint density at radius 3 is 2.44 bits per heavy atom. The molecule has 3 rings (SSSR count). The summed E-state index contributed by atoms with van der Waals surface area (Å²) in [5.74, 6) is -0.425. The van der Waals surface area contributed by atoms with Gasteiger partial charge in [-0.15, -0.1) is 0 Å². The third kappa shape index (κ3) is 2.92. The Balaban J connectivity index is 1.80. The summed E-state index contributed by atoms with van der Waals surface area (Å²) in [5, 5.41) is 0. The number of carbonyl (C=O) groups excluding carboxylic acids is 1. The molecular formula is C16H19F3N2O3S. The number of aromatic nitrogens is 1. The number of fused-ring (bicyclic) bond motifs is 2. The van der Waals surface area contributed by atoms with Gasteiger partial charge in [-0.2, -0.15) is 13.2 Å². The number of alkyl halides is 3. The molecule has 0 amide bonds. The van der Waals surface area contributed by atoms with Crippen LogP contribution in [0.2, 0.25) is 0 Å². The Kier molecular flexibility index (Phi) is 3.94. The third-order valence-electron chi connectivity index (χ3n) is 5.93. The zero-order valence-electron chi connectivity index (χ0n) is 13.9. The second-order valence-electron chi connectivity index (χ2n) is 7.46. The van der Waals surface area contributed by atoms with E-state index in [1.165, 1.54) is 0 Å². The number of nitrogens with one attached hydrogen (secondary N) is 1. The number of anilines is 1. The maximum Gasteiger partial charge on any atom is 0.417 e. The van der Waals surface area contributed by atoms with Gasteiger partial charge < -0.3 is 0 Å². The van der Waals surface area contributed by atoms with E-state index >= 15 is 0 Å². The van der Waals surface area contributed by atoms with Gasteiger partial charge in [0.1, 0.15) is 11.6 Å². The first-order chi connectivity index (χ1) is 11.4. The van der Waals surface area contributed by atoms with Gasteiger partial charge in [0, 0.05) is 12.6 Å². The zero-order valence-corrected chi connectivity index (χ0v) is 14.7. The molecule has 138 valence electrons. The molecule has 0 spiro atoms. The number of ketones is 1. The van der Waals surface area contributed by atoms with Gasteiger partial charge in [-0.3, -0.25) is 9.52 Å². The molecule has 2 atom stereocenters. The minimum absolute atomic E-state index is 0.0421. The minimum atomic E-state index is -4.54. The van der Waals surface area contributed by atoms with E-state index < -0.39 is 32.6 Å². The first kappa shape index (κ1) is 18.2. The van der Waals surface area contributed by atoms with Gasteiger partial charge in [0.15, 0.2) is 0 Å². The van der Waals surface area contributed by atoms with Crippen molar-refractivity contribution in [3.63, 3.8) is 0 Å². The lowest BCUT2D eigenvalue weighted by molar-refractivity contribution is -0.137. The van der Waals surface area contributed by atoms with Gasteiger partial charge in [0.25, 0.3) is 0 Å². The lowest BCUT2D eigenvalue weighted by Gasteiger charge is -2.36.